The third-order valence-corrected chi connectivity index (χ3v) is 14.2. The Hall–Kier alpha value is -5.78. The highest BCUT2D eigenvalue weighted by atomic mass is 35.5. The summed E-state index contributed by atoms with van der Waals surface area (Å²) in [6, 6.07) is 19.2. The lowest BCUT2D eigenvalue weighted by Gasteiger charge is -2.39. The molecule has 15 heteroatoms. The van der Waals surface area contributed by atoms with Crippen molar-refractivity contribution in [1.29, 1.82) is 5.26 Å². The summed E-state index contributed by atoms with van der Waals surface area (Å²) in [5.41, 5.74) is 4.16. The minimum Gasteiger partial charge on any atom is -0.371 e. The quantitative estimate of drug-likeness (QED) is 0.338. The fraction of sp³-hybridized carbons (Fsp3) is 0.457. The highest BCUT2D eigenvalue weighted by Crippen LogP contribution is 2.43. The monoisotopic (exact) mass is 844 g/mol. The predicted molar refractivity (Wildman–Crippen MR) is 227 cm³/mol. The Labute approximate surface area is 360 Å². The van der Waals surface area contributed by atoms with Gasteiger partial charge in [-0.25, -0.2) is 0 Å². The Morgan fingerprint density at radius 2 is 1.36 bits per heavy atom. The maximum atomic E-state index is 13.7. The first-order chi connectivity index (χ1) is 29.5. The SMILES string of the molecule is N#Cc1ccc(N2CCC3(CCN(C(=O)c4cccc(C(=O)N5CCN(CC6CCN(c7ccc8c(c7)C(=O)N(C7CCC(=O)NC7=O)C8=O)CC6)CC5)c4)CC3)C2)cc1Cl. The van der Waals surface area contributed by atoms with Gasteiger partial charge in [-0.05, 0) is 104 Å². The van der Waals surface area contributed by atoms with Crippen molar-refractivity contribution < 1.29 is 28.8 Å². The maximum Gasteiger partial charge on any atom is 0.262 e. The minimum atomic E-state index is -0.986. The third-order valence-electron chi connectivity index (χ3n) is 13.9. The van der Waals surface area contributed by atoms with Gasteiger partial charge in [0.15, 0.2) is 0 Å². The van der Waals surface area contributed by atoms with E-state index in [4.69, 9.17) is 11.6 Å². The van der Waals surface area contributed by atoms with Gasteiger partial charge in [0.05, 0.1) is 21.7 Å². The van der Waals surface area contributed by atoms with Gasteiger partial charge < -0.3 is 19.6 Å². The lowest BCUT2D eigenvalue weighted by Crippen LogP contribution is -2.54. The van der Waals surface area contributed by atoms with Crippen LogP contribution in [0.4, 0.5) is 11.4 Å². The molecule has 6 aliphatic heterocycles. The molecule has 0 aromatic heterocycles. The van der Waals surface area contributed by atoms with Gasteiger partial charge >= 0.3 is 0 Å². The summed E-state index contributed by atoms with van der Waals surface area (Å²) in [5, 5.41) is 12.0. The van der Waals surface area contributed by atoms with E-state index in [2.05, 4.69) is 26.1 Å². The van der Waals surface area contributed by atoms with Crippen LogP contribution in [0.3, 0.4) is 0 Å². The van der Waals surface area contributed by atoms with Crippen molar-refractivity contribution in [2.75, 3.05) is 81.8 Å². The highest BCUT2D eigenvalue weighted by molar-refractivity contribution is 6.32. The number of likely N-dealkylation sites (tertiary alicyclic amines) is 1. The number of benzene rings is 3. The van der Waals surface area contributed by atoms with Gasteiger partial charge in [0.2, 0.25) is 11.8 Å². The van der Waals surface area contributed by atoms with Gasteiger partial charge in [0, 0.05) is 101 Å². The van der Waals surface area contributed by atoms with E-state index in [0.29, 0.717) is 59.4 Å². The van der Waals surface area contributed by atoms with Crippen molar-refractivity contribution in [2.24, 2.45) is 11.3 Å². The molecule has 6 aliphatic rings. The number of fused-ring (bicyclic) bond motifs is 1. The molecule has 9 rings (SSSR count). The van der Waals surface area contributed by atoms with Crippen molar-refractivity contribution in [2.45, 2.75) is 51.0 Å². The number of hydrogen-bond donors (Lipinski definition) is 1. The molecule has 6 amide bonds. The Morgan fingerprint density at radius 3 is 2.03 bits per heavy atom. The number of carbonyl (C=O) groups excluding carboxylic acids is 6. The first-order valence-corrected chi connectivity index (χ1v) is 21.8. The largest absolute Gasteiger partial charge is 0.371 e. The molecule has 0 radical (unpaired) electrons. The van der Waals surface area contributed by atoms with E-state index in [1.807, 2.05) is 34.1 Å². The molecule has 0 bridgehead atoms. The number of carbonyl (C=O) groups is 6. The highest BCUT2D eigenvalue weighted by Gasteiger charge is 2.45. The number of piperidine rings is 3. The van der Waals surface area contributed by atoms with E-state index in [1.165, 1.54) is 0 Å². The summed E-state index contributed by atoms with van der Waals surface area (Å²) in [4.78, 5) is 89.8. The van der Waals surface area contributed by atoms with Crippen LogP contribution in [0, 0.1) is 22.7 Å². The zero-order valence-corrected chi connectivity index (χ0v) is 34.9. The number of nitriles is 1. The summed E-state index contributed by atoms with van der Waals surface area (Å²) < 4.78 is 0. The van der Waals surface area contributed by atoms with E-state index < -0.39 is 29.7 Å². The number of imide groups is 2. The molecule has 5 saturated heterocycles. The van der Waals surface area contributed by atoms with Crippen molar-refractivity contribution in [3.8, 4) is 6.07 Å². The number of nitrogens with zero attached hydrogens (tertiary/aromatic N) is 7. The van der Waals surface area contributed by atoms with Crippen LogP contribution in [-0.4, -0.2) is 133 Å². The summed E-state index contributed by atoms with van der Waals surface area (Å²) in [6.07, 6.45) is 5.02. The Morgan fingerprint density at radius 1 is 0.721 bits per heavy atom. The molecular formula is C46H49ClN8O6. The average molecular weight is 845 g/mol. The van der Waals surface area contributed by atoms with Gasteiger partial charge in [0.25, 0.3) is 23.6 Å². The molecule has 0 aliphatic carbocycles. The second-order valence-corrected chi connectivity index (χ2v) is 17.9. The number of piperazine rings is 1. The molecule has 1 unspecified atom stereocenters. The average Bonchev–Trinajstić information content (AvgIpc) is 3.80. The third kappa shape index (κ3) is 7.97. The van der Waals surface area contributed by atoms with Crippen LogP contribution in [0.5, 0.6) is 0 Å². The van der Waals surface area contributed by atoms with E-state index in [9.17, 15) is 34.0 Å². The fourth-order valence-corrected chi connectivity index (χ4v) is 10.4. The van der Waals surface area contributed by atoms with E-state index in [0.717, 1.165) is 94.2 Å². The van der Waals surface area contributed by atoms with Gasteiger partial charge in [-0.2, -0.15) is 5.26 Å². The van der Waals surface area contributed by atoms with Crippen LogP contribution < -0.4 is 15.1 Å². The molecule has 3 aromatic carbocycles. The van der Waals surface area contributed by atoms with Crippen molar-refractivity contribution in [3.05, 3.63) is 93.5 Å². The number of halogens is 1. The number of amides is 6. The minimum absolute atomic E-state index is 0.0368. The molecule has 1 N–H and O–H groups in total. The smallest absolute Gasteiger partial charge is 0.262 e. The molecule has 61 heavy (non-hydrogen) atoms. The van der Waals surface area contributed by atoms with E-state index >= 15 is 0 Å². The van der Waals surface area contributed by atoms with Crippen LogP contribution in [0.2, 0.25) is 5.02 Å². The molecule has 0 saturated carbocycles. The summed E-state index contributed by atoms with van der Waals surface area (Å²) in [6.45, 7) is 8.51. The lowest BCUT2D eigenvalue weighted by atomic mass is 9.77. The zero-order chi connectivity index (χ0) is 42.4. The summed E-state index contributed by atoms with van der Waals surface area (Å²) >= 11 is 6.32. The van der Waals surface area contributed by atoms with Crippen LogP contribution in [0.15, 0.2) is 60.7 Å². The molecule has 3 aromatic rings. The number of anilines is 2. The standard InChI is InChI=1S/C46H49ClN8O6/c47-38-26-35(5-4-33(38)27-48)54-19-14-46(29-54)12-17-52(18-13-46)42(58)31-2-1-3-32(24-31)43(59)53-22-20-50(21-23-53)28-30-10-15-51(16-11-30)34-6-7-36-37(25-34)45(61)55(44(36)60)39-8-9-40(56)49-41(39)57/h1-7,24-26,30,39H,8-23,28-29H2,(H,49,56,57). The number of rotatable bonds is 7. The van der Waals surface area contributed by atoms with Crippen molar-refractivity contribution >= 4 is 58.4 Å². The first kappa shape index (κ1) is 40.6. The molecule has 1 atom stereocenters. The summed E-state index contributed by atoms with van der Waals surface area (Å²) in [5.74, 6) is -1.62. The summed E-state index contributed by atoms with van der Waals surface area (Å²) in [7, 11) is 0. The number of nitrogens with one attached hydrogen (secondary N) is 1. The molecular weight excluding hydrogens is 796 g/mol. The van der Waals surface area contributed by atoms with Gasteiger partial charge in [-0.1, -0.05) is 17.7 Å². The molecule has 5 fully saturated rings. The Balaban J connectivity index is 0.726. The molecule has 316 valence electrons. The normalized spacial score (nSPS) is 22.2. The Kier molecular flexibility index (Phi) is 11.0. The zero-order valence-electron chi connectivity index (χ0n) is 34.1. The molecule has 1 spiro atoms. The lowest BCUT2D eigenvalue weighted by molar-refractivity contribution is -0.136. The first-order valence-electron chi connectivity index (χ1n) is 21.5. The van der Waals surface area contributed by atoms with E-state index in [-0.39, 0.29) is 35.6 Å². The fourth-order valence-electron chi connectivity index (χ4n) is 10.2. The van der Waals surface area contributed by atoms with Crippen LogP contribution in [-0.2, 0) is 9.59 Å². The van der Waals surface area contributed by atoms with Crippen molar-refractivity contribution in [3.63, 3.8) is 0 Å². The Bertz CT molecular complexity index is 2340. The maximum absolute atomic E-state index is 13.7. The second-order valence-electron chi connectivity index (χ2n) is 17.5. The van der Waals surface area contributed by atoms with Gasteiger partial charge in [0.1, 0.15) is 12.1 Å². The molecule has 6 heterocycles. The topological polar surface area (TPSA) is 158 Å². The van der Waals surface area contributed by atoms with Gasteiger partial charge in [-0.3, -0.25) is 43.9 Å². The van der Waals surface area contributed by atoms with E-state index in [1.54, 1.807) is 36.4 Å². The number of hydrogen-bond acceptors (Lipinski definition) is 10. The van der Waals surface area contributed by atoms with Crippen LogP contribution in [0.25, 0.3) is 0 Å². The predicted octanol–water partition coefficient (Wildman–Crippen LogP) is 4.42. The second kappa shape index (κ2) is 16.6. The van der Waals surface area contributed by atoms with Crippen LogP contribution >= 0.6 is 11.6 Å². The van der Waals surface area contributed by atoms with Gasteiger partial charge in [-0.15, -0.1) is 0 Å². The molecule has 14 nitrogen and oxygen atoms in total. The van der Waals surface area contributed by atoms with Crippen molar-refractivity contribution in [1.82, 2.24) is 24.9 Å². The van der Waals surface area contributed by atoms with Crippen LogP contribution in [0.1, 0.15) is 91.9 Å².